The van der Waals surface area contributed by atoms with Gasteiger partial charge < -0.3 is 10.6 Å². The fraction of sp³-hybridized carbons (Fsp3) is 0.364. The molecule has 1 fully saturated rings. The first-order valence-corrected chi connectivity index (χ1v) is 11.6. The molecule has 1 saturated carbocycles. The Kier molecular flexibility index (Phi) is 7.40. The van der Waals surface area contributed by atoms with Crippen LogP contribution in [0.1, 0.15) is 38.2 Å². The van der Waals surface area contributed by atoms with E-state index in [0.717, 1.165) is 5.56 Å². The van der Waals surface area contributed by atoms with Gasteiger partial charge in [0.15, 0.2) is 0 Å². The highest BCUT2D eigenvalue weighted by atomic mass is 32.2. The molecule has 1 aliphatic carbocycles. The Hall–Kier alpha value is -2.78. The molecule has 0 saturated heterocycles. The Morgan fingerprint density at radius 2 is 1.58 bits per heavy atom. The van der Waals surface area contributed by atoms with Crippen LogP contribution in [-0.2, 0) is 26.2 Å². The fourth-order valence-electron chi connectivity index (χ4n) is 3.62. The van der Waals surface area contributed by atoms with Crippen LogP contribution in [0.4, 0.5) is 10.1 Å². The number of amides is 2. The third kappa shape index (κ3) is 6.60. The Bertz CT molecular complexity index is 1020. The predicted octanol–water partition coefficient (Wildman–Crippen LogP) is 2.94. The minimum atomic E-state index is -3.69. The summed E-state index contributed by atoms with van der Waals surface area (Å²) in [6.07, 6.45) is 2.31. The topological polar surface area (TPSA) is 104 Å². The highest BCUT2D eigenvalue weighted by molar-refractivity contribution is 7.89. The second-order valence-corrected chi connectivity index (χ2v) is 9.43. The number of hydrogen-bond donors (Lipinski definition) is 3. The molecule has 0 aromatic heterocycles. The SMILES string of the molecule is CC(=O)Nc1ccc(S(=O)(=O)NC2CCC(C(=O)NCc3ccc(F)cc3)CC2)cc1. The van der Waals surface area contributed by atoms with Gasteiger partial charge >= 0.3 is 0 Å². The van der Waals surface area contributed by atoms with Crippen LogP contribution >= 0.6 is 0 Å². The van der Waals surface area contributed by atoms with Crippen LogP contribution in [0.25, 0.3) is 0 Å². The van der Waals surface area contributed by atoms with Crippen molar-refractivity contribution in [1.29, 1.82) is 0 Å². The molecule has 9 heteroatoms. The molecule has 166 valence electrons. The van der Waals surface area contributed by atoms with Gasteiger partial charge in [0.2, 0.25) is 21.8 Å². The summed E-state index contributed by atoms with van der Waals surface area (Å²) in [6, 6.07) is 11.7. The van der Waals surface area contributed by atoms with E-state index in [1.54, 1.807) is 24.3 Å². The third-order valence-electron chi connectivity index (χ3n) is 5.28. The number of carbonyl (C=O) groups is 2. The lowest BCUT2D eigenvalue weighted by Crippen LogP contribution is -2.40. The first-order valence-electron chi connectivity index (χ1n) is 10.1. The largest absolute Gasteiger partial charge is 0.352 e. The lowest BCUT2D eigenvalue weighted by molar-refractivity contribution is -0.126. The molecule has 1 aliphatic rings. The summed E-state index contributed by atoms with van der Waals surface area (Å²) in [5.41, 5.74) is 1.35. The van der Waals surface area contributed by atoms with Gasteiger partial charge in [0.25, 0.3) is 0 Å². The summed E-state index contributed by atoms with van der Waals surface area (Å²) in [4.78, 5) is 23.6. The molecule has 7 nitrogen and oxygen atoms in total. The van der Waals surface area contributed by atoms with E-state index < -0.39 is 10.0 Å². The molecule has 3 rings (SSSR count). The summed E-state index contributed by atoms with van der Waals surface area (Å²) < 4.78 is 40.9. The van der Waals surface area contributed by atoms with Gasteiger partial charge in [0, 0.05) is 31.1 Å². The maximum Gasteiger partial charge on any atom is 0.240 e. The molecule has 31 heavy (non-hydrogen) atoms. The number of carbonyl (C=O) groups excluding carboxylic acids is 2. The molecule has 0 unspecified atom stereocenters. The number of sulfonamides is 1. The Balaban J connectivity index is 1.48. The van der Waals surface area contributed by atoms with Gasteiger partial charge in [-0.2, -0.15) is 0 Å². The maximum atomic E-state index is 13.0. The zero-order chi connectivity index (χ0) is 22.4. The van der Waals surface area contributed by atoms with Crippen LogP contribution < -0.4 is 15.4 Å². The number of benzene rings is 2. The fourth-order valence-corrected chi connectivity index (χ4v) is 4.92. The third-order valence-corrected chi connectivity index (χ3v) is 6.82. The van der Waals surface area contributed by atoms with Crippen molar-refractivity contribution in [3.63, 3.8) is 0 Å². The molecule has 2 aromatic rings. The normalized spacial score (nSPS) is 18.9. The Morgan fingerprint density at radius 3 is 2.16 bits per heavy atom. The highest BCUT2D eigenvalue weighted by Gasteiger charge is 2.29. The van der Waals surface area contributed by atoms with Crippen molar-refractivity contribution in [1.82, 2.24) is 10.0 Å². The Morgan fingerprint density at radius 1 is 0.968 bits per heavy atom. The van der Waals surface area contributed by atoms with Gasteiger partial charge in [-0.25, -0.2) is 17.5 Å². The van der Waals surface area contributed by atoms with Gasteiger partial charge in [-0.1, -0.05) is 12.1 Å². The molecular formula is C22H26FN3O4S. The van der Waals surface area contributed by atoms with E-state index in [0.29, 0.717) is 37.9 Å². The molecule has 0 heterocycles. The molecule has 2 aromatic carbocycles. The predicted molar refractivity (Wildman–Crippen MR) is 115 cm³/mol. The monoisotopic (exact) mass is 447 g/mol. The molecule has 0 spiro atoms. The smallest absolute Gasteiger partial charge is 0.240 e. The van der Waals surface area contributed by atoms with Crippen LogP contribution in [0.5, 0.6) is 0 Å². The molecule has 0 radical (unpaired) electrons. The zero-order valence-electron chi connectivity index (χ0n) is 17.2. The summed E-state index contributed by atoms with van der Waals surface area (Å²) >= 11 is 0. The highest BCUT2D eigenvalue weighted by Crippen LogP contribution is 2.26. The van der Waals surface area contributed by atoms with E-state index in [1.165, 1.54) is 31.2 Å². The van der Waals surface area contributed by atoms with E-state index in [2.05, 4.69) is 15.4 Å². The zero-order valence-corrected chi connectivity index (χ0v) is 18.0. The van der Waals surface area contributed by atoms with Crippen molar-refractivity contribution in [3.05, 3.63) is 59.9 Å². The van der Waals surface area contributed by atoms with Crippen molar-refractivity contribution in [2.45, 2.75) is 50.1 Å². The second-order valence-electron chi connectivity index (χ2n) is 7.72. The van der Waals surface area contributed by atoms with E-state index in [9.17, 15) is 22.4 Å². The van der Waals surface area contributed by atoms with E-state index >= 15 is 0 Å². The standard InChI is InChI=1S/C22H26FN3O4S/c1-15(27)25-19-10-12-21(13-11-19)31(29,30)26-20-8-4-17(5-9-20)22(28)24-14-16-2-6-18(23)7-3-16/h2-3,6-7,10-13,17,20,26H,4-5,8-9,14H2,1H3,(H,24,28)(H,25,27). The van der Waals surface area contributed by atoms with Crippen molar-refractivity contribution >= 4 is 27.5 Å². The summed E-state index contributed by atoms with van der Waals surface area (Å²) in [5, 5.41) is 5.46. The maximum absolute atomic E-state index is 13.0. The van der Waals surface area contributed by atoms with Crippen molar-refractivity contribution in [2.24, 2.45) is 5.92 Å². The van der Waals surface area contributed by atoms with E-state index in [1.807, 2.05) is 0 Å². The molecule has 0 aliphatic heterocycles. The van der Waals surface area contributed by atoms with Crippen LogP contribution in [0, 0.1) is 11.7 Å². The molecule has 0 bridgehead atoms. The minimum Gasteiger partial charge on any atom is -0.352 e. The van der Waals surface area contributed by atoms with Gasteiger partial charge in [0.05, 0.1) is 4.90 Å². The summed E-state index contributed by atoms with van der Waals surface area (Å²) in [6.45, 7) is 1.71. The first-order chi connectivity index (χ1) is 14.7. The van der Waals surface area contributed by atoms with Gasteiger partial charge in [0.1, 0.15) is 5.82 Å². The van der Waals surface area contributed by atoms with Crippen molar-refractivity contribution in [2.75, 3.05) is 5.32 Å². The number of rotatable bonds is 7. The average Bonchev–Trinajstić information content (AvgIpc) is 2.73. The van der Waals surface area contributed by atoms with Crippen LogP contribution in [0.2, 0.25) is 0 Å². The van der Waals surface area contributed by atoms with Crippen LogP contribution in [-0.4, -0.2) is 26.3 Å². The van der Waals surface area contributed by atoms with Crippen molar-refractivity contribution < 1.29 is 22.4 Å². The van der Waals surface area contributed by atoms with Crippen molar-refractivity contribution in [3.8, 4) is 0 Å². The van der Waals surface area contributed by atoms with Gasteiger partial charge in [-0.15, -0.1) is 0 Å². The van der Waals surface area contributed by atoms with Crippen LogP contribution in [0.15, 0.2) is 53.4 Å². The molecular weight excluding hydrogens is 421 g/mol. The molecule has 0 atom stereocenters. The number of nitrogens with one attached hydrogen (secondary N) is 3. The van der Waals surface area contributed by atoms with E-state index in [4.69, 9.17) is 0 Å². The first kappa shape index (κ1) is 22.9. The average molecular weight is 448 g/mol. The Labute approximate surface area is 181 Å². The lowest BCUT2D eigenvalue weighted by Gasteiger charge is -2.28. The van der Waals surface area contributed by atoms with Crippen LogP contribution in [0.3, 0.4) is 0 Å². The lowest BCUT2D eigenvalue weighted by atomic mass is 9.86. The second kappa shape index (κ2) is 10.0. The van der Waals surface area contributed by atoms with E-state index in [-0.39, 0.29) is 34.5 Å². The number of anilines is 1. The minimum absolute atomic E-state index is 0.0702. The summed E-state index contributed by atoms with van der Waals surface area (Å²) in [7, 11) is -3.69. The molecule has 3 N–H and O–H groups in total. The number of halogens is 1. The number of hydrogen-bond acceptors (Lipinski definition) is 4. The summed E-state index contributed by atoms with van der Waals surface area (Å²) in [5.74, 6) is -0.788. The van der Waals surface area contributed by atoms with Gasteiger partial charge in [-0.3, -0.25) is 9.59 Å². The molecule has 2 amide bonds. The quantitative estimate of drug-likeness (QED) is 0.607. The van der Waals surface area contributed by atoms with Gasteiger partial charge in [-0.05, 0) is 67.6 Å².